The van der Waals surface area contributed by atoms with Crippen molar-refractivity contribution in [3.8, 4) is 0 Å². The van der Waals surface area contributed by atoms with Crippen molar-refractivity contribution < 1.29 is 21.8 Å². The Labute approximate surface area is 65.7 Å². The van der Waals surface area contributed by atoms with Crippen LogP contribution < -0.4 is 5.31 Å². The zero-order valence-electron chi connectivity index (χ0n) is 7.01. The standard InChI is InChI=1S/C6H13NO4/c8-3-6(11)5(10)4(9)1-2-7-6/h4-5,7-11H,1-3H2/t4-,5+,6-/m1/s1/i/hD. The van der Waals surface area contributed by atoms with Gasteiger partial charge in [0.2, 0.25) is 0 Å². The Hall–Kier alpha value is -0.200. The third-order valence-electron chi connectivity index (χ3n) is 1.88. The van der Waals surface area contributed by atoms with Gasteiger partial charge in [-0.1, -0.05) is 0 Å². The summed E-state index contributed by atoms with van der Waals surface area (Å²) in [5.41, 5.74) is -2.03. The van der Waals surface area contributed by atoms with Gasteiger partial charge in [-0.05, 0) is 6.42 Å². The smallest absolute Gasteiger partial charge is 0.168 e. The number of aliphatic hydroxyl groups is 4. The molecule has 66 valence electrons. The molecule has 5 nitrogen and oxygen atoms in total. The fraction of sp³-hybridized carbons (Fsp3) is 1.00. The van der Waals surface area contributed by atoms with Crippen LogP contribution in [-0.2, 0) is 0 Å². The summed E-state index contributed by atoms with van der Waals surface area (Å²) in [4.78, 5) is 0. The number of hydrogen-bond acceptors (Lipinski definition) is 5. The molecule has 1 rings (SSSR count). The number of aliphatic hydroxyl groups excluding tert-OH is 3. The predicted molar refractivity (Wildman–Crippen MR) is 36.7 cm³/mol. The van der Waals surface area contributed by atoms with E-state index in [4.69, 9.17) is 11.6 Å². The Morgan fingerprint density at radius 2 is 2.27 bits per heavy atom. The van der Waals surface area contributed by atoms with Crippen LogP contribution in [0.25, 0.3) is 0 Å². The van der Waals surface area contributed by atoms with Crippen LogP contribution in [0.3, 0.4) is 0 Å². The maximum Gasteiger partial charge on any atom is 0.168 e. The highest BCUT2D eigenvalue weighted by atomic mass is 16.4. The molecule has 0 aromatic heterocycles. The zero-order valence-corrected chi connectivity index (χ0v) is 6.01. The highest BCUT2D eigenvalue weighted by Gasteiger charge is 2.42. The van der Waals surface area contributed by atoms with Gasteiger partial charge in [-0.15, -0.1) is 0 Å². The van der Waals surface area contributed by atoms with Crippen molar-refractivity contribution in [1.82, 2.24) is 5.31 Å². The van der Waals surface area contributed by atoms with Crippen LogP contribution in [-0.4, -0.2) is 51.5 Å². The Morgan fingerprint density at radius 1 is 1.64 bits per heavy atom. The minimum absolute atomic E-state index is 0.120. The molecular formula is C6H13NO4. The van der Waals surface area contributed by atoms with E-state index in [2.05, 4.69) is 0 Å². The first-order valence-corrected chi connectivity index (χ1v) is 3.48. The Kier molecular flexibility index (Phi) is 2.06. The molecule has 1 heterocycles. The van der Waals surface area contributed by atoms with E-state index < -0.39 is 24.5 Å². The first-order chi connectivity index (χ1) is 5.52. The number of rotatable bonds is 1. The number of hydrogen-bond donors (Lipinski definition) is 5. The van der Waals surface area contributed by atoms with Gasteiger partial charge in [0.25, 0.3) is 0 Å². The van der Waals surface area contributed by atoms with Gasteiger partial charge in [-0.25, -0.2) is 0 Å². The van der Waals surface area contributed by atoms with Crippen LogP contribution in [0.2, 0.25) is 1.41 Å². The highest BCUT2D eigenvalue weighted by Crippen LogP contribution is 2.16. The fourth-order valence-corrected chi connectivity index (χ4v) is 1.09. The average Bonchev–Trinajstić information content (AvgIpc) is 2.08. The van der Waals surface area contributed by atoms with E-state index in [1.165, 1.54) is 0 Å². The van der Waals surface area contributed by atoms with Crippen LogP contribution >= 0.6 is 0 Å². The van der Waals surface area contributed by atoms with Gasteiger partial charge in [0.1, 0.15) is 7.52 Å². The topological polar surface area (TPSA) is 93.0 Å². The molecule has 3 atom stereocenters. The molecule has 1 aliphatic rings. The number of nitrogens with one attached hydrogen (secondary N) is 1. The molecule has 5 N–H and O–H groups in total. The summed E-state index contributed by atoms with van der Waals surface area (Å²) in [5, 5.41) is 37.3. The zero-order chi connectivity index (χ0) is 9.35. The third-order valence-corrected chi connectivity index (χ3v) is 1.88. The van der Waals surface area contributed by atoms with Crippen LogP contribution in [0, 0.1) is 0 Å². The Morgan fingerprint density at radius 3 is 2.73 bits per heavy atom. The lowest BCUT2D eigenvalue weighted by atomic mass is 9.95. The fourth-order valence-electron chi connectivity index (χ4n) is 1.09. The second-order valence-corrected chi connectivity index (χ2v) is 2.72. The van der Waals surface area contributed by atoms with Crippen molar-refractivity contribution >= 4 is 0 Å². The van der Waals surface area contributed by atoms with E-state index in [-0.39, 0.29) is 13.0 Å². The molecule has 0 radical (unpaired) electrons. The molecule has 1 saturated heterocycles. The summed E-state index contributed by atoms with van der Waals surface area (Å²) in [5.74, 6) is 0. The van der Waals surface area contributed by atoms with Gasteiger partial charge in [0, 0.05) is 6.54 Å². The normalized spacial score (nSPS) is 48.9. The van der Waals surface area contributed by atoms with E-state index in [9.17, 15) is 10.2 Å². The van der Waals surface area contributed by atoms with Gasteiger partial charge < -0.3 is 20.4 Å². The molecule has 0 bridgehead atoms. The molecule has 0 saturated carbocycles. The highest BCUT2D eigenvalue weighted by molar-refractivity contribution is 4.92. The minimum Gasteiger partial charge on any atom is -0.392 e. The quantitative estimate of drug-likeness (QED) is 0.293. The summed E-state index contributed by atoms with van der Waals surface area (Å²) in [6.07, 6.45) is -2.36. The van der Waals surface area contributed by atoms with Crippen molar-refractivity contribution in [3.05, 3.63) is 0 Å². The van der Waals surface area contributed by atoms with Crippen molar-refractivity contribution in [2.75, 3.05) is 13.2 Å². The van der Waals surface area contributed by atoms with Crippen LogP contribution in [0.5, 0.6) is 0 Å². The van der Waals surface area contributed by atoms with Crippen molar-refractivity contribution in [2.24, 2.45) is 0 Å². The minimum atomic E-state index is -2.03. The lowest BCUT2D eigenvalue weighted by Crippen LogP contribution is -2.65. The largest absolute Gasteiger partial charge is 0.392 e. The maximum absolute atomic E-state index is 9.47. The average molecular weight is 164 g/mol. The lowest BCUT2D eigenvalue weighted by molar-refractivity contribution is -0.180. The molecule has 0 aromatic rings. The molecule has 1 fully saturated rings. The van der Waals surface area contributed by atoms with Crippen LogP contribution in [0.4, 0.5) is 0 Å². The van der Waals surface area contributed by atoms with E-state index in [1.54, 1.807) is 0 Å². The second kappa shape index (κ2) is 3.04. The van der Waals surface area contributed by atoms with Gasteiger partial charge in [0.15, 0.2) is 5.72 Å². The molecule has 5 heteroatoms. The van der Waals surface area contributed by atoms with E-state index in [0.717, 1.165) is 0 Å². The third kappa shape index (κ3) is 1.52. The Bertz CT molecular complexity index is 170. The van der Waals surface area contributed by atoms with E-state index >= 15 is 0 Å². The van der Waals surface area contributed by atoms with Crippen molar-refractivity contribution in [3.63, 3.8) is 0 Å². The molecular weight excluding hydrogens is 150 g/mol. The first kappa shape index (κ1) is 7.45. The summed E-state index contributed by atoms with van der Waals surface area (Å²) >= 11 is 0. The predicted octanol–water partition coefficient (Wildman–Crippen LogP) is -2.62. The molecule has 0 unspecified atom stereocenters. The lowest BCUT2D eigenvalue weighted by Gasteiger charge is -2.39. The van der Waals surface area contributed by atoms with Gasteiger partial charge in [0.05, 0.1) is 12.7 Å². The van der Waals surface area contributed by atoms with Crippen LogP contribution in [0.1, 0.15) is 6.42 Å². The molecule has 0 spiro atoms. The monoisotopic (exact) mass is 164 g/mol. The molecule has 0 aromatic carbocycles. The van der Waals surface area contributed by atoms with E-state index in [0.29, 0.717) is 5.31 Å². The SMILES string of the molecule is [2H]N1CC[C@@H](O)[C@H](O)[C@]1(O)CO. The molecule has 0 aliphatic carbocycles. The summed E-state index contributed by atoms with van der Waals surface area (Å²) in [6.45, 7) is -0.649. The summed E-state index contributed by atoms with van der Waals surface area (Å²) in [6, 6.07) is 0. The van der Waals surface area contributed by atoms with Crippen molar-refractivity contribution in [1.29, 1.82) is 0 Å². The molecule has 1 aliphatic heterocycles. The first-order valence-electron chi connectivity index (χ1n) is 3.93. The summed E-state index contributed by atoms with van der Waals surface area (Å²) in [7, 11) is 0. The number of piperidine rings is 1. The second-order valence-electron chi connectivity index (χ2n) is 2.72. The van der Waals surface area contributed by atoms with Crippen LogP contribution in [0.15, 0.2) is 0 Å². The van der Waals surface area contributed by atoms with Gasteiger partial charge in [-0.2, -0.15) is 0 Å². The molecule has 11 heavy (non-hydrogen) atoms. The van der Waals surface area contributed by atoms with E-state index in [1.807, 2.05) is 0 Å². The molecule has 0 amide bonds. The Balaban J connectivity index is 2.78. The van der Waals surface area contributed by atoms with Gasteiger partial charge in [-0.3, -0.25) is 5.31 Å². The van der Waals surface area contributed by atoms with Crippen molar-refractivity contribution in [2.45, 2.75) is 24.4 Å². The van der Waals surface area contributed by atoms with Gasteiger partial charge >= 0.3 is 0 Å². The maximum atomic E-state index is 9.47. The summed E-state index contributed by atoms with van der Waals surface area (Å²) < 4.78 is 7.20.